The summed E-state index contributed by atoms with van der Waals surface area (Å²) < 4.78 is 0. The highest BCUT2D eigenvalue weighted by atomic mass is 16.2. The van der Waals surface area contributed by atoms with Crippen LogP contribution in [0.2, 0.25) is 0 Å². The Morgan fingerprint density at radius 3 is 2.39 bits per heavy atom. The van der Waals surface area contributed by atoms with Crippen molar-refractivity contribution < 1.29 is 14.4 Å². The fourth-order valence-corrected chi connectivity index (χ4v) is 1.62. The average Bonchev–Trinajstić information content (AvgIpc) is 2.25. The third-order valence-electron chi connectivity index (χ3n) is 2.40. The molecule has 1 aliphatic heterocycles. The van der Waals surface area contributed by atoms with Gasteiger partial charge >= 0.3 is 0 Å². The van der Waals surface area contributed by atoms with Gasteiger partial charge < -0.3 is 15.1 Å². The standard InChI is InChI=1S/C12H19N3O3/c1-9(17)15-6-5-14(8-16)7-10(15)11(18)13-12(2,3)4/h7-8H,5-6H2,1-4H3,(H,13,18). The lowest BCUT2D eigenvalue weighted by molar-refractivity contribution is -0.132. The SMILES string of the molecule is CC(=O)N1CCN(C=O)C=C1C(=O)NC(C)(C)C. The summed E-state index contributed by atoms with van der Waals surface area (Å²) in [4.78, 5) is 37.0. The zero-order valence-electron chi connectivity index (χ0n) is 11.2. The van der Waals surface area contributed by atoms with Gasteiger partial charge in [0.2, 0.25) is 12.3 Å². The number of hydrogen-bond donors (Lipinski definition) is 1. The van der Waals surface area contributed by atoms with Gasteiger partial charge in [-0.25, -0.2) is 0 Å². The van der Waals surface area contributed by atoms with Crippen molar-refractivity contribution in [3.63, 3.8) is 0 Å². The topological polar surface area (TPSA) is 69.7 Å². The van der Waals surface area contributed by atoms with Crippen LogP contribution in [0.4, 0.5) is 0 Å². The zero-order valence-corrected chi connectivity index (χ0v) is 11.2. The molecule has 1 N–H and O–H groups in total. The number of nitrogens with one attached hydrogen (secondary N) is 1. The molecule has 0 aromatic heterocycles. The third-order valence-corrected chi connectivity index (χ3v) is 2.40. The summed E-state index contributed by atoms with van der Waals surface area (Å²) in [6, 6.07) is 0. The van der Waals surface area contributed by atoms with Gasteiger partial charge in [-0.3, -0.25) is 14.4 Å². The minimum absolute atomic E-state index is 0.204. The first kappa shape index (κ1) is 14.2. The molecule has 0 saturated heterocycles. The zero-order chi connectivity index (χ0) is 13.9. The molecule has 0 bridgehead atoms. The van der Waals surface area contributed by atoms with Crippen molar-refractivity contribution in [2.24, 2.45) is 0 Å². The second-order valence-electron chi connectivity index (χ2n) is 5.23. The van der Waals surface area contributed by atoms with Gasteiger partial charge in [0.1, 0.15) is 5.70 Å². The van der Waals surface area contributed by atoms with Crippen LogP contribution in [0.5, 0.6) is 0 Å². The number of rotatable bonds is 2. The maximum absolute atomic E-state index is 12.1. The molecule has 0 saturated carbocycles. The monoisotopic (exact) mass is 253 g/mol. The first-order valence-electron chi connectivity index (χ1n) is 5.78. The summed E-state index contributed by atoms with van der Waals surface area (Å²) >= 11 is 0. The van der Waals surface area contributed by atoms with Crippen molar-refractivity contribution in [1.82, 2.24) is 15.1 Å². The molecule has 6 nitrogen and oxygen atoms in total. The van der Waals surface area contributed by atoms with E-state index in [2.05, 4.69) is 5.32 Å². The Hall–Kier alpha value is -1.85. The molecule has 1 aliphatic rings. The minimum atomic E-state index is -0.399. The highest BCUT2D eigenvalue weighted by Crippen LogP contribution is 2.13. The predicted octanol–water partition coefficient (Wildman–Crippen LogP) is 0.0630. The Labute approximate surface area is 107 Å². The molecule has 1 heterocycles. The molecule has 0 unspecified atom stereocenters. The van der Waals surface area contributed by atoms with Gasteiger partial charge in [-0.15, -0.1) is 0 Å². The fourth-order valence-electron chi connectivity index (χ4n) is 1.62. The third kappa shape index (κ3) is 3.58. The Morgan fingerprint density at radius 2 is 1.94 bits per heavy atom. The lowest BCUT2D eigenvalue weighted by Crippen LogP contribution is -2.49. The molecule has 1 rings (SSSR count). The molecule has 0 radical (unpaired) electrons. The number of hydrogen-bond acceptors (Lipinski definition) is 3. The van der Waals surface area contributed by atoms with Crippen LogP contribution < -0.4 is 5.32 Å². The van der Waals surface area contributed by atoms with Crippen molar-refractivity contribution in [2.45, 2.75) is 33.2 Å². The predicted molar refractivity (Wildman–Crippen MR) is 66.1 cm³/mol. The first-order valence-corrected chi connectivity index (χ1v) is 5.78. The van der Waals surface area contributed by atoms with E-state index >= 15 is 0 Å². The summed E-state index contributed by atoms with van der Waals surface area (Å²) in [5, 5.41) is 2.77. The summed E-state index contributed by atoms with van der Waals surface area (Å²) in [6.45, 7) is 7.68. The van der Waals surface area contributed by atoms with Crippen LogP contribution in [0.15, 0.2) is 11.9 Å². The number of carbonyl (C=O) groups is 3. The Balaban J connectivity index is 2.97. The lowest BCUT2D eigenvalue weighted by Gasteiger charge is -2.32. The van der Waals surface area contributed by atoms with E-state index in [0.717, 1.165) is 0 Å². The van der Waals surface area contributed by atoms with Crippen LogP contribution in [-0.2, 0) is 14.4 Å². The average molecular weight is 253 g/mol. The second kappa shape index (κ2) is 5.20. The van der Waals surface area contributed by atoms with Crippen LogP contribution >= 0.6 is 0 Å². The van der Waals surface area contributed by atoms with Crippen LogP contribution in [0, 0.1) is 0 Å². The molecule has 0 aliphatic carbocycles. The molecule has 0 fully saturated rings. The van der Waals surface area contributed by atoms with Crippen molar-refractivity contribution >= 4 is 18.2 Å². The molecule has 0 aromatic rings. The van der Waals surface area contributed by atoms with E-state index < -0.39 is 5.54 Å². The first-order chi connectivity index (χ1) is 8.24. The molecule has 18 heavy (non-hydrogen) atoms. The molecular weight excluding hydrogens is 234 g/mol. The lowest BCUT2D eigenvalue weighted by atomic mass is 10.1. The summed E-state index contributed by atoms with van der Waals surface area (Å²) in [6.07, 6.45) is 2.04. The fraction of sp³-hybridized carbons (Fsp3) is 0.583. The van der Waals surface area contributed by atoms with E-state index in [1.54, 1.807) is 0 Å². The van der Waals surface area contributed by atoms with Crippen molar-refractivity contribution in [1.29, 1.82) is 0 Å². The number of amides is 3. The highest BCUT2D eigenvalue weighted by molar-refractivity contribution is 5.97. The highest BCUT2D eigenvalue weighted by Gasteiger charge is 2.28. The van der Waals surface area contributed by atoms with Crippen molar-refractivity contribution in [3.8, 4) is 0 Å². The molecule has 6 heteroatoms. The number of nitrogens with zero attached hydrogens (tertiary/aromatic N) is 2. The largest absolute Gasteiger partial charge is 0.346 e. The maximum atomic E-state index is 12.1. The van der Waals surface area contributed by atoms with Crippen LogP contribution in [0.25, 0.3) is 0 Å². The molecule has 0 spiro atoms. The van der Waals surface area contributed by atoms with Crippen molar-refractivity contribution in [3.05, 3.63) is 11.9 Å². The van der Waals surface area contributed by atoms with Crippen LogP contribution in [-0.4, -0.2) is 46.7 Å². The van der Waals surface area contributed by atoms with Gasteiger partial charge in [-0.2, -0.15) is 0 Å². The van der Waals surface area contributed by atoms with Crippen molar-refractivity contribution in [2.75, 3.05) is 13.1 Å². The van der Waals surface area contributed by atoms with E-state index in [9.17, 15) is 14.4 Å². The Kier molecular flexibility index (Phi) is 4.11. The molecule has 0 aromatic carbocycles. The van der Waals surface area contributed by atoms with E-state index in [1.807, 2.05) is 20.8 Å². The molecule has 0 atom stereocenters. The van der Waals surface area contributed by atoms with E-state index in [-0.39, 0.29) is 17.5 Å². The normalized spacial score (nSPS) is 16.1. The van der Waals surface area contributed by atoms with Gasteiger partial charge in [0.15, 0.2) is 0 Å². The minimum Gasteiger partial charge on any atom is -0.346 e. The summed E-state index contributed by atoms with van der Waals surface area (Å²) in [5.74, 6) is -0.569. The second-order valence-corrected chi connectivity index (χ2v) is 5.23. The summed E-state index contributed by atoms with van der Waals surface area (Å²) in [5.41, 5.74) is -0.195. The Morgan fingerprint density at radius 1 is 1.33 bits per heavy atom. The summed E-state index contributed by atoms with van der Waals surface area (Å²) in [7, 11) is 0. The van der Waals surface area contributed by atoms with Gasteiger partial charge in [0.25, 0.3) is 5.91 Å². The van der Waals surface area contributed by atoms with E-state index in [1.165, 1.54) is 22.9 Å². The van der Waals surface area contributed by atoms with Gasteiger partial charge in [-0.05, 0) is 20.8 Å². The number of carbonyl (C=O) groups excluding carboxylic acids is 3. The Bertz CT molecular complexity index is 396. The van der Waals surface area contributed by atoms with Crippen LogP contribution in [0.1, 0.15) is 27.7 Å². The smallest absolute Gasteiger partial charge is 0.269 e. The molecule has 3 amide bonds. The van der Waals surface area contributed by atoms with Gasteiger partial charge in [0, 0.05) is 31.8 Å². The quantitative estimate of drug-likeness (QED) is 0.708. The molecule has 100 valence electrons. The molecular formula is C12H19N3O3. The van der Waals surface area contributed by atoms with Crippen LogP contribution in [0.3, 0.4) is 0 Å². The van der Waals surface area contributed by atoms with Gasteiger partial charge in [-0.1, -0.05) is 0 Å². The van der Waals surface area contributed by atoms with Gasteiger partial charge in [0.05, 0.1) is 0 Å². The van der Waals surface area contributed by atoms with E-state index in [0.29, 0.717) is 19.5 Å². The van der Waals surface area contributed by atoms with E-state index in [4.69, 9.17) is 0 Å². The maximum Gasteiger partial charge on any atom is 0.269 e.